The summed E-state index contributed by atoms with van der Waals surface area (Å²) in [5.74, 6) is -0.310. The Balaban J connectivity index is 3.61. The van der Waals surface area contributed by atoms with E-state index >= 15 is 0 Å². The van der Waals surface area contributed by atoms with E-state index in [0.717, 1.165) is 6.42 Å². The van der Waals surface area contributed by atoms with Crippen molar-refractivity contribution in [3.05, 3.63) is 0 Å². The Morgan fingerprint density at radius 2 is 1.74 bits per heavy atom. The molecular weight excluding hydrogens is 250 g/mol. The van der Waals surface area contributed by atoms with Gasteiger partial charge >= 0.3 is 5.97 Å². The van der Waals surface area contributed by atoms with Crippen LogP contribution in [0.3, 0.4) is 0 Å². The number of carbonyl (C=O) groups is 1. The third-order valence-electron chi connectivity index (χ3n) is 2.31. The van der Waals surface area contributed by atoms with E-state index in [0.29, 0.717) is 26.4 Å². The van der Waals surface area contributed by atoms with Gasteiger partial charge in [0.05, 0.1) is 26.9 Å². The SMILES string of the molecule is COCCCOCCOCC(NC(C)C)C(=O)OC. The molecule has 0 aliphatic carbocycles. The minimum Gasteiger partial charge on any atom is -0.468 e. The number of hydrogen-bond acceptors (Lipinski definition) is 6. The summed E-state index contributed by atoms with van der Waals surface area (Å²) < 4.78 is 20.4. The predicted molar refractivity (Wildman–Crippen MR) is 72.2 cm³/mol. The largest absolute Gasteiger partial charge is 0.468 e. The molecule has 6 nitrogen and oxygen atoms in total. The minimum atomic E-state index is -0.432. The number of rotatable bonds is 12. The third-order valence-corrected chi connectivity index (χ3v) is 2.31. The van der Waals surface area contributed by atoms with E-state index < -0.39 is 6.04 Å². The van der Waals surface area contributed by atoms with Crippen molar-refractivity contribution in [2.24, 2.45) is 0 Å². The first-order valence-corrected chi connectivity index (χ1v) is 6.60. The van der Waals surface area contributed by atoms with E-state index in [9.17, 15) is 4.79 Å². The van der Waals surface area contributed by atoms with Gasteiger partial charge in [0.15, 0.2) is 0 Å². The molecule has 0 heterocycles. The fraction of sp³-hybridized carbons (Fsp3) is 0.923. The van der Waals surface area contributed by atoms with Gasteiger partial charge in [-0.25, -0.2) is 0 Å². The summed E-state index contributed by atoms with van der Waals surface area (Å²) in [5, 5.41) is 3.09. The molecule has 0 rings (SSSR count). The van der Waals surface area contributed by atoms with Gasteiger partial charge in [-0.1, -0.05) is 13.8 Å². The second-order valence-corrected chi connectivity index (χ2v) is 4.43. The zero-order chi connectivity index (χ0) is 14.5. The van der Waals surface area contributed by atoms with Crippen LogP contribution in [0.5, 0.6) is 0 Å². The molecule has 0 aromatic heterocycles. The number of nitrogens with one attached hydrogen (secondary N) is 1. The van der Waals surface area contributed by atoms with E-state index in [4.69, 9.17) is 18.9 Å². The molecule has 19 heavy (non-hydrogen) atoms. The van der Waals surface area contributed by atoms with Crippen LogP contribution in [0.25, 0.3) is 0 Å². The highest BCUT2D eigenvalue weighted by Crippen LogP contribution is 1.94. The van der Waals surface area contributed by atoms with Crippen molar-refractivity contribution in [2.45, 2.75) is 32.4 Å². The van der Waals surface area contributed by atoms with Crippen LogP contribution in [-0.2, 0) is 23.7 Å². The van der Waals surface area contributed by atoms with Crippen molar-refractivity contribution >= 4 is 5.97 Å². The molecule has 0 radical (unpaired) electrons. The lowest BCUT2D eigenvalue weighted by atomic mass is 10.2. The van der Waals surface area contributed by atoms with Crippen molar-refractivity contribution in [1.82, 2.24) is 5.32 Å². The summed E-state index contributed by atoms with van der Waals surface area (Å²) in [4.78, 5) is 11.5. The molecule has 0 aliphatic heterocycles. The lowest BCUT2D eigenvalue weighted by Gasteiger charge is -2.18. The number of ether oxygens (including phenoxy) is 4. The van der Waals surface area contributed by atoms with Crippen molar-refractivity contribution in [3.8, 4) is 0 Å². The smallest absolute Gasteiger partial charge is 0.325 e. The summed E-state index contributed by atoms with van der Waals surface area (Å²) in [6, 6.07) is -0.239. The lowest BCUT2D eigenvalue weighted by Crippen LogP contribution is -2.44. The zero-order valence-electron chi connectivity index (χ0n) is 12.4. The van der Waals surface area contributed by atoms with Gasteiger partial charge in [0.2, 0.25) is 0 Å². The van der Waals surface area contributed by atoms with Gasteiger partial charge in [-0.15, -0.1) is 0 Å². The van der Waals surface area contributed by atoms with Gasteiger partial charge in [0, 0.05) is 26.4 Å². The highest BCUT2D eigenvalue weighted by Gasteiger charge is 2.19. The molecule has 0 saturated heterocycles. The second kappa shape index (κ2) is 12.3. The van der Waals surface area contributed by atoms with Gasteiger partial charge in [-0.05, 0) is 6.42 Å². The number of carbonyl (C=O) groups excluding carboxylic acids is 1. The molecule has 0 aromatic rings. The standard InChI is InChI=1S/C13H27NO5/c1-11(2)14-12(13(15)17-4)10-19-9-8-18-7-5-6-16-3/h11-12,14H,5-10H2,1-4H3. The zero-order valence-corrected chi connectivity index (χ0v) is 12.4. The van der Waals surface area contributed by atoms with Crippen LogP contribution in [0.15, 0.2) is 0 Å². The summed E-state index contributed by atoms with van der Waals surface area (Å²) in [6.45, 7) is 6.54. The van der Waals surface area contributed by atoms with Gasteiger partial charge in [-0.3, -0.25) is 4.79 Å². The van der Waals surface area contributed by atoms with E-state index in [1.54, 1.807) is 7.11 Å². The summed E-state index contributed by atoms with van der Waals surface area (Å²) >= 11 is 0. The first kappa shape index (κ1) is 18.3. The molecule has 1 N–H and O–H groups in total. The van der Waals surface area contributed by atoms with Gasteiger partial charge in [0.1, 0.15) is 6.04 Å². The number of methoxy groups -OCH3 is 2. The summed E-state index contributed by atoms with van der Waals surface area (Å²) in [5.41, 5.74) is 0. The van der Waals surface area contributed by atoms with Gasteiger partial charge < -0.3 is 24.3 Å². The third kappa shape index (κ3) is 10.9. The van der Waals surface area contributed by atoms with Crippen molar-refractivity contribution in [2.75, 3.05) is 47.3 Å². The van der Waals surface area contributed by atoms with E-state index in [1.807, 2.05) is 13.8 Å². The molecule has 114 valence electrons. The molecule has 0 amide bonds. The molecule has 0 spiro atoms. The number of esters is 1. The first-order chi connectivity index (χ1) is 9.11. The Morgan fingerprint density at radius 1 is 1.05 bits per heavy atom. The Bertz CT molecular complexity index is 223. The molecule has 1 unspecified atom stereocenters. The van der Waals surface area contributed by atoms with Crippen molar-refractivity contribution in [3.63, 3.8) is 0 Å². The van der Waals surface area contributed by atoms with E-state index in [1.165, 1.54) is 7.11 Å². The average molecular weight is 277 g/mol. The van der Waals surface area contributed by atoms with Crippen molar-refractivity contribution < 1.29 is 23.7 Å². The molecular formula is C13H27NO5. The van der Waals surface area contributed by atoms with Gasteiger partial charge in [0.25, 0.3) is 0 Å². The lowest BCUT2D eigenvalue weighted by molar-refractivity contribution is -0.145. The molecule has 0 aromatic carbocycles. The van der Waals surface area contributed by atoms with E-state index in [-0.39, 0.29) is 18.6 Å². The Morgan fingerprint density at radius 3 is 2.32 bits per heavy atom. The fourth-order valence-corrected chi connectivity index (χ4v) is 1.46. The van der Waals surface area contributed by atoms with Crippen LogP contribution < -0.4 is 5.32 Å². The van der Waals surface area contributed by atoms with Crippen LogP contribution in [0.4, 0.5) is 0 Å². The Labute approximate surface area is 115 Å². The minimum absolute atomic E-state index is 0.193. The first-order valence-electron chi connectivity index (χ1n) is 6.60. The molecule has 0 saturated carbocycles. The van der Waals surface area contributed by atoms with Crippen LogP contribution >= 0.6 is 0 Å². The van der Waals surface area contributed by atoms with Crippen LogP contribution in [0.1, 0.15) is 20.3 Å². The van der Waals surface area contributed by atoms with Crippen LogP contribution in [0, 0.1) is 0 Å². The fourth-order valence-electron chi connectivity index (χ4n) is 1.46. The van der Waals surface area contributed by atoms with Crippen LogP contribution in [-0.4, -0.2) is 65.3 Å². The normalized spacial score (nSPS) is 12.7. The molecule has 0 aliphatic rings. The molecule has 0 bridgehead atoms. The maximum Gasteiger partial charge on any atom is 0.325 e. The van der Waals surface area contributed by atoms with E-state index in [2.05, 4.69) is 5.32 Å². The van der Waals surface area contributed by atoms with Crippen LogP contribution in [0.2, 0.25) is 0 Å². The molecule has 0 fully saturated rings. The second-order valence-electron chi connectivity index (χ2n) is 4.43. The maximum absolute atomic E-state index is 11.5. The Kier molecular flexibility index (Phi) is 11.9. The monoisotopic (exact) mass is 277 g/mol. The highest BCUT2D eigenvalue weighted by molar-refractivity contribution is 5.75. The maximum atomic E-state index is 11.5. The predicted octanol–water partition coefficient (Wildman–Crippen LogP) is 0.596. The van der Waals surface area contributed by atoms with Crippen molar-refractivity contribution in [1.29, 1.82) is 0 Å². The Hall–Kier alpha value is -0.690. The summed E-state index contributed by atoms with van der Waals surface area (Å²) in [7, 11) is 3.04. The van der Waals surface area contributed by atoms with Gasteiger partial charge in [-0.2, -0.15) is 0 Å². The molecule has 1 atom stereocenters. The quantitative estimate of drug-likeness (QED) is 0.416. The topological polar surface area (TPSA) is 66.0 Å². The average Bonchev–Trinajstić information content (AvgIpc) is 2.39. The highest BCUT2D eigenvalue weighted by atomic mass is 16.5. The number of hydrogen-bond donors (Lipinski definition) is 1. The summed E-state index contributed by atoms with van der Waals surface area (Å²) in [6.07, 6.45) is 0.871. The molecule has 6 heteroatoms.